The second-order valence-electron chi connectivity index (χ2n) is 4.64. The Bertz CT molecular complexity index is 523. The number of nitrogens with zero attached hydrogens (tertiary/aromatic N) is 2. The summed E-state index contributed by atoms with van der Waals surface area (Å²) in [5.41, 5.74) is 5.58. The molecule has 0 aromatic carbocycles. The summed E-state index contributed by atoms with van der Waals surface area (Å²) < 4.78 is 4.81. The zero-order valence-electron chi connectivity index (χ0n) is 12.9. The lowest BCUT2D eigenvalue weighted by Crippen LogP contribution is -2.28. The normalized spacial score (nSPS) is 10.9. The molecule has 1 heterocycles. The predicted octanol–water partition coefficient (Wildman–Crippen LogP) is 0.342. The van der Waals surface area contributed by atoms with E-state index in [1.807, 2.05) is 0 Å². The molecule has 0 saturated heterocycles. The quantitative estimate of drug-likeness (QED) is 0.671. The Kier molecular flexibility index (Phi) is 6.87. The van der Waals surface area contributed by atoms with E-state index in [1.165, 1.54) is 0 Å². The van der Waals surface area contributed by atoms with Crippen LogP contribution in [-0.4, -0.2) is 47.1 Å². The molecule has 0 aliphatic heterocycles. The number of H-pyrrole nitrogens is 1. The first-order chi connectivity index (χ1) is 10.0. The summed E-state index contributed by atoms with van der Waals surface area (Å²) in [5, 5.41) is 0. The van der Waals surface area contributed by atoms with E-state index in [-0.39, 0.29) is 30.0 Å². The predicted molar refractivity (Wildman–Crippen MR) is 81.1 cm³/mol. The Morgan fingerprint density at radius 1 is 1.33 bits per heavy atom. The highest BCUT2D eigenvalue weighted by Crippen LogP contribution is 2.05. The van der Waals surface area contributed by atoms with Gasteiger partial charge in [0.25, 0.3) is 5.56 Å². The van der Waals surface area contributed by atoms with Crippen LogP contribution in [0, 0.1) is 0 Å². The summed E-state index contributed by atoms with van der Waals surface area (Å²) in [7, 11) is 0. The maximum Gasteiger partial charge on any atom is 0.310 e. The first-order valence-corrected chi connectivity index (χ1v) is 7.27. The molecule has 0 saturated carbocycles. The minimum Gasteiger partial charge on any atom is -0.466 e. The number of ether oxygens (including phenoxy) is 1. The maximum absolute atomic E-state index is 12.0. The van der Waals surface area contributed by atoms with E-state index in [2.05, 4.69) is 28.7 Å². The van der Waals surface area contributed by atoms with Gasteiger partial charge in [-0.25, -0.2) is 4.98 Å². The molecule has 1 aromatic heterocycles. The van der Waals surface area contributed by atoms with Crippen LogP contribution in [0.1, 0.15) is 32.2 Å². The van der Waals surface area contributed by atoms with Crippen LogP contribution in [0.4, 0.5) is 5.82 Å². The Morgan fingerprint density at radius 3 is 2.52 bits per heavy atom. The van der Waals surface area contributed by atoms with Gasteiger partial charge in [0.2, 0.25) is 0 Å². The van der Waals surface area contributed by atoms with Crippen LogP contribution in [0.3, 0.4) is 0 Å². The van der Waals surface area contributed by atoms with Crippen molar-refractivity contribution in [2.45, 2.75) is 33.6 Å². The Balaban J connectivity index is 2.80. The highest BCUT2D eigenvalue weighted by atomic mass is 16.5. The van der Waals surface area contributed by atoms with Gasteiger partial charge in [0.15, 0.2) is 0 Å². The van der Waals surface area contributed by atoms with Crippen molar-refractivity contribution in [2.75, 3.05) is 32.0 Å². The molecule has 0 unspecified atom stereocenters. The first kappa shape index (κ1) is 17.2. The van der Waals surface area contributed by atoms with Crippen molar-refractivity contribution in [2.24, 2.45) is 0 Å². The largest absolute Gasteiger partial charge is 0.466 e. The second kappa shape index (κ2) is 8.41. The first-order valence-electron chi connectivity index (χ1n) is 7.27. The summed E-state index contributed by atoms with van der Waals surface area (Å²) in [6.45, 7) is 8.82. The van der Waals surface area contributed by atoms with Gasteiger partial charge < -0.3 is 20.4 Å². The van der Waals surface area contributed by atoms with E-state index in [0.717, 1.165) is 19.6 Å². The lowest BCUT2D eigenvalue weighted by atomic mass is 10.2. The monoisotopic (exact) mass is 296 g/mol. The smallest absolute Gasteiger partial charge is 0.310 e. The number of likely N-dealkylation sites (N-methyl/N-ethyl adjacent to an activating group) is 1. The fraction of sp³-hybridized carbons (Fsp3) is 0.643. The molecule has 0 aliphatic carbocycles. The van der Waals surface area contributed by atoms with Crippen molar-refractivity contribution >= 4 is 11.8 Å². The molecule has 21 heavy (non-hydrogen) atoms. The summed E-state index contributed by atoms with van der Waals surface area (Å²) >= 11 is 0. The number of nitrogens with two attached hydrogens (primary N) is 1. The van der Waals surface area contributed by atoms with Gasteiger partial charge in [0, 0.05) is 13.0 Å². The van der Waals surface area contributed by atoms with E-state index in [4.69, 9.17) is 10.5 Å². The van der Waals surface area contributed by atoms with Gasteiger partial charge >= 0.3 is 5.97 Å². The molecule has 0 amide bonds. The summed E-state index contributed by atoms with van der Waals surface area (Å²) in [6.07, 6.45) is 0.457. The SMILES string of the molecule is CCOC(=O)Cc1c(N)nc(CCN(CC)CC)[nH]c1=O. The third-order valence-corrected chi connectivity index (χ3v) is 3.28. The van der Waals surface area contributed by atoms with Crippen molar-refractivity contribution in [3.63, 3.8) is 0 Å². The molecule has 0 fully saturated rings. The third-order valence-electron chi connectivity index (χ3n) is 3.28. The van der Waals surface area contributed by atoms with Gasteiger partial charge in [-0.2, -0.15) is 0 Å². The Morgan fingerprint density at radius 2 is 2.00 bits per heavy atom. The number of nitrogens with one attached hydrogen (secondary N) is 1. The summed E-state index contributed by atoms with van der Waals surface area (Å²) in [5.74, 6) is 0.158. The highest BCUT2D eigenvalue weighted by Gasteiger charge is 2.14. The number of nitrogen functional groups attached to an aromatic ring is 1. The van der Waals surface area contributed by atoms with Crippen LogP contribution in [0.15, 0.2) is 4.79 Å². The van der Waals surface area contributed by atoms with E-state index in [0.29, 0.717) is 12.2 Å². The molecule has 0 spiro atoms. The topological polar surface area (TPSA) is 101 Å². The molecule has 1 rings (SSSR count). The number of rotatable bonds is 8. The molecule has 0 bridgehead atoms. The number of esters is 1. The van der Waals surface area contributed by atoms with Crippen LogP contribution in [0.25, 0.3) is 0 Å². The molecule has 0 radical (unpaired) electrons. The van der Waals surface area contributed by atoms with E-state index in [1.54, 1.807) is 6.92 Å². The molecular formula is C14H24N4O3. The molecule has 0 atom stereocenters. The average molecular weight is 296 g/mol. The van der Waals surface area contributed by atoms with Crippen molar-refractivity contribution in [1.82, 2.24) is 14.9 Å². The Hall–Kier alpha value is -1.89. The fourth-order valence-electron chi connectivity index (χ4n) is 2.01. The van der Waals surface area contributed by atoms with Crippen LogP contribution in [-0.2, 0) is 22.4 Å². The van der Waals surface area contributed by atoms with E-state index in [9.17, 15) is 9.59 Å². The fourth-order valence-corrected chi connectivity index (χ4v) is 2.01. The maximum atomic E-state index is 12.0. The number of anilines is 1. The third kappa shape index (κ3) is 5.18. The van der Waals surface area contributed by atoms with Gasteiger partial charge in [-0.05, 0) is 20.0 Å². The zero-order valence-corrected chi connectivity index (χ0v) is 12.9. The number of carbonyl (C=O) groups excluding carboxylic acids is 1. The molecule has 3 N–H and O–H groups in total. The highest BCUT2D eigenvalue weighted by molar-refractivity contribution is 5.74. The number of hydrogen-bond donors (Lipinski definition) is 2. The van der Waals surface area contributed by atoms with Gasteiger partial charge in [0.1, 0.15) is 11.6 Å². The van der Waals surface area contributed by atoms with E-state index >= 15 is 0 Å². The van der Waals surface area contributed by atoms with Gasteiger partial charge in [-0.1, -0.05) is 13.8 Å². The molecule has 1 aromatic rings. The van der Waals surface area contributed by atoms with Gasteiger partial charge in [-0.3, -0.25) is 9.59 Å². The van der Waals surface area contributed by atoms with Crippen LogP contribution < -0.4 is 11.3 Å². The minimum absolute atomic E-state index is 0.0985. The molecule has 7 nitrogen and oxygen atoms in total. The summed E-state index contributed by atoms with van der Waals surface area (Å²) in [4.78, 5) is 32.5. The van der Waals surface area contributed by atoms with Crippen molar-refractivity contribution in [1.29, 1.82) is 0 Å². The molecular weight excluding hydrogens is 272 g/mol. The van der Waals surface area contributed by atoms with Crippen LogP contribution in [0.5, 0.6) is 0 Å². The number of aromatic amines is 1. The minimum atomic E-state index is -0.479. The van der Waals surface area contributed by atoms with Crippen LogP contribution in [0.2, 0.25) is 0 Å². The molecule has 118 valence electrons. The van der Waals surface area contributed by atoms with E-state index < -0.39 is 5.97 Å². The standard InChI is InChI=1S/C14H24N4O3/c1-4-18(5-2)8-7-11-16-13(15)10(14(20)17-11)9-12(19)21-6-3/h4-9H2,1-3H3,(H3,15,16,17,20). The lowest BCUT2D eigenvalue weighted by molar-refractivity contribution is -0.142. The number of carbonyl (C=O) groups is 1. The number of hydrogen-bond acceptors (Lipinski definition) is 6. The van der Waals surface area contributed by atoms with Crippen molar-refractivity contribution in [3.8, 4) is 0 Å². The van der Waals surface area contributed by atoms with Crippen molar-refractivity contribution < 1.29 is 9.53 Å². The molecule has 0 aliphatic rings. The summed E-state index contributed by atoms with van der Waals surface area (Å²) in [6, 6.07) is 0. The Labute approximate surface area is 124 Å². The average Bonchev–Trinajstić information content (AvgIpc) is 2.44. The molecule has 7 heteroatoms. The second-order valence-corrected chi connectivity index (χ2v) is 4.64. The van der Waals surface area contributed by atoms with Crippen LogP contribution >= 0.6 is 0 Å². The van der Waals surface area contributed by atoms with Crippen molar-refractivity contribution in [3.05, 3.63) is 21.7 Å². The zero-order chi connectivity index (χ0) is 15.8. The lowest BCUT2D eigenvalue weighted by Gasteiger charge is -2.17. The van der Waals surface area contributed by atoms with Gasteiger partial charge in [0.05, 0.1) is 18.6 Å². The number of aromatic nitrogens is 2. The van der Waals surface area contributed by atoms with Gasteiger partial charge in [-0.15, -0.1) is 0 Å².